The fourth-order valence-electron chi connectivity index (χ4n) is 1.53. The molecule has 0 spiro atoms. The van der Waals surface area contributed by atoms with Crippen LogP contribution in [0.15, 0.2) is 42.5 Å². The number of halogens is 1. The molecule has 0 radical (unpaired) electrons. The number of rotatable bonds is 3. The summed E-state index contributed by atoms with van der Waals surface area (Å²) in [7, 11) is 0. The number of nitro benzene ring substituents is 1. The lowest BCUT2D eigenvalue weighted by Crippen LogP contribution is -2.12. The van der Waals surface area contributed by atoms with Crippen molar-refractivity contribution < 1.29 is 14.8 Å². The largest absolute Gasteiger partial charge is 0.508 e. The van der Waals surface area contributed by atoms with Gasteiger partial charge in [-0.2, -0.15) is 0 Å². The maximum absolute atomic E-state index is 11.9. The Morgan fingerprint density at radius 1 is 1.20 bits per heavy atom. The zero-order valence-corrected chi connectivity index (χ0v) is 10.8. The number of benzene rings is 2. The number of amides is 1. The monoisotopic (exact) mass is 292 g/mol. The van der Waals surface area contributed by atoms with Crippen LogP contribution in [-0.2, 0) is 0 Å². The highest BCUT2D eigenvalue weighted by Crippen LogP contribution is 2.27. The maximum Gasteiger partial charge on any atom is 0.271 e. The minimum absolute atomic E-state index is 0.0509. The van der Waals surface area contributed by atoms with Crippen molar-refractivity contribution in [2.45, 2.75) is 0 Å². The molecule has 102 valence electrons. The van der Waals surface area contributed by atoms with E-state index in [1.165, 1.54) is 36.4 Å². The summed E-state index contributed by atoms with van der Waals surface area (Å²) in [5.41, 5.74) is 0.449. The van der Waals surface area contributed by atoms with Gasteiger partial charge in [0, 0.05) is 17.7 Å². The van der Waals surface area contributed by atoms with Crippen molar-refractivity contribution >= 4 is 28.9 Å². The average Bonchev–Trinajstić information content (AvgIpc) is 2.41. The summed E-state index contributed by atoms with van der Waals surface area (Å²) in [5.74, 6) is -0.379. The van der Waals surface area contributed by atoms with Gasteiger partial charge in [0.15, 0.2) is 0 Å². The van der Waals surface area contributed by atoms with Gasteiger partial charge in [-0.15, -0.1) is 0 Å². The lowest BCUT2D eigenvalue weighted by Gasteiger charge is -2.07. The number of nitro groups is 1. The molecular weight excluding hydrogens is 284 g/mol. The van der Waals surface area contributed by atoms with Gasteiger partial charge in [0.1, 0.15) is 5.75 Å². The van der Waals surface area contributed by atoms with Gasteiger partial charge >= 0.3 is 0 Å². The van der Waals surface area contributed by atoms with E-state index in [0.717, 1.165) is 6.07 Å². The summed E-state index contributed by atoms with van der Waals surface area (Å²) in [4.78, 5) is 21.9. The molecule has 0 aliphatic rings. The number of nitrogens with zero attached hydrogens (tertiary/aromatic N) is 1. The lowest BCUT2D eigenvalue weighted by atomic mass is 10.2. The predicted octanol–water partition coefficient (Wildman–Crippen LogP) is 3.21. The fraction of sp³-hybridized carbons (Fsp3) is 0. The standard InChI is InChI=1S/C13H9ClN2O4/c14-11-7-9(16(19)20)3-6-12(11)15-13(18)8-1-4-10(17)5-2-8/h1-7,17H,(H,15,18). The highest BCUT2D eigenvalue weighted by Gasteiger charge is 2.12. The van der Waals surface area contributed by atoms with E-state index in [1.54, 1.807) is 0 Å². The first-order valence-corrected chi connectivity index (χ1v) is 5.89. The molecule has 1 amide bonds. The average molecular weight is 293 g/mol. The fourth-order valence-corrected chi connectivity index (χ4v) is 1.75. The Morgan fingerprint density at radius 2 is 1.85 bits per heavy atom. The van der Waals surface area contributed by atoms with Crippen molar-refractivity contribution in [2.75, 3.05) is 5.32 Å². The van der Waals surface area contributed by atoms with E-state index < -0.39 is 10.8 Å². The van der Waals surface area contributed by atoms with Gasteiger partial charge in [0.25, 0.3) is 11.6 Å². The number of hydrogen-bond acceptors (Lipinski definition) is 4. The summed E-state index contributed by atoms with van der Waals surface area (Å²) >= 11 is 5.87. The van der Waals surface area contributed by atoms with Crippen molar-refractivity contribution in [3.05, 3.63) is 63.2 Å². The second kappa shape index (κ2) is 5.58. The van der Waals surface area contributed by atoms with Crippen LogP contribution in [0.3, 0.4) is 0 Å². The van der Waals surface area contributed by atoms with Gasteiger partial charge in [0.2, 0.25) is 0 Å². The molecule has 0 atom stereocenters. The van der Waals surface area contributed by atoms with Gasteiger partial charge in [-0.3, -0.25) is 14.9 Å². The van der Waals surface area contributed by atoms with E-state index in [-0.39, 0.29) is 22.1 Å². The Bertz CT molecular complexity index is 671. The number of phenols is 1. The van der Waals surface area contributed by atoms with Crippen LogP contribution in [0, 0.1) is 10.1 Å². The zero-order valence-electron chi connectivity index (χ0n) is 10.0. The van der Waals surface area contributed by atoms with Crippen LogP contribution in [0.5, 0.6) is 5.75 Å². The van der Waals surface area contributed by atoms with E-state index in [4.69, 9.17) is 16.7 Å². The summed E-state index contributed by atoms with van der Waals surface area (Å²) in [6.45, 7) is 0. The molecule has 2 aromatic rings. The molecule has 0 unspecified atom stereocenters. The number of nitrogens with one attached hydrogen (secondary N) is 1. The number of non-ortho nitro benzene ring substituents is 1. The highest BCUT2D eigenvalue weighted by atomic mass is 35.5. The maximum atomic E-state index is 11.9. The molecule has 0 fully saturated rings. The first-order chi connectivity index (χ1) is 9.47. The van der Waals surface area contributed by atoms with Crippen molar-refractivity contribution in [3.8, 4) is 5.75 Å². The Kier molecular flexibility index (Phi) is 3.86. The summed E-state index contributed by atoms with van der Waals surface area (Å²) in [5, 5.41) is 22.3. The van der Waals surface area contributed by atoms with Gasteiger partial charge in [-0.1, -0.05) is 11.6 Å². The second-order valence-corrected chi connectivity index (χ2v) is 4.33. The molecule has 2 aromatic carbocycles. The molecule has 0 bridgehead atoms. The molecule has 20 heavy (non-hydrogen) atoms. The quantitative estimate of drug-likeness (QED) is 0.671. The Labute approximate surface area is 118 Å². The third kappa shape index (κ3) is 3.04. The van der Waals surface area contributed by atoms with Crippen molar-refractivity contribution in [1.29, 1.82) is 0 Å². The second-order valence-electron chi connectivity index (χ2n) is 3.92. The van der Waals surface area contributed by atoms with E-state index in [0.29, 0.717) is 5.56 Å². The number of anilines is 1. The highest BCUT2D eigenvalue weighted by molar-refractivity contribution is 6.34. The SMILES string of the molecule is O=C(Nc1ccc([N+](=O)[O-])cc1Cl)c1ccc(O)cc1. The summed E-state index contributed by atoms with van der Waals surface area (Å²) < 4.78 is 0. The predicted molar refractivity (Wildman–Crippen MR) is 74.2 cm³/mol. The number of carbonyl (C=O) groups is 1. The first kappa shape index (κ1) is 13.8. The van der Waals surface area contributed by atoms with Crippen LogP contribution in [0.2, 0.25) is 5.02 Å². The van der Waals surface area contributed by atoms with Gasteiger partial charge < -0.3 is 10.4 Å². The molecule has 0 saturated heterocycles. The minimum Gasteiger partial charge on any atom is -0.508 e. The molecule has 6 nitrogen and oxygen atoms in total. The zero-order chi connectivity index (χ0) is 14.7. The van der Waals surface area contributed by atoms with Crippen LogP contribution in [0.25, 0.3) is 0 Å². The topological polar surface area (TPSA) is 92.5 Å². The number of aromatic hydroxyl groups is 1. The van der Waals surface area contributed by atoms with Gasteiger partial charge in [-0.05, 0) is 30.3 Å². The molecule has 2 N–H and O–H groups in total. The summed E-state index contributed by atoms with van der Waals surface area (Å²) in [6.07, 6.45) is 0. The van der Waals surface area contributed by atoms with Crippen molar-refractivity contribution in [1.82, 2.24) is 0 Å². The van der Waals surface area contributed by atoms with Crippen molar-refractivity contribution in [2.24, 2.45) is 0 Å². The van der Waals surface area contributed by atoms with E-state index >= 15 is 0 Å². The van der Waals surface area contributed by atoms with E-state index in [9.17, 15) is 14.9 Å². The molecular formula is C13H9ClN2O4. The third-order valence-corrected chi connectivity index (χ3v) is 2.85. The number of carbonyl (C=O) groups excluding carboxylic acids is 1. The minimum atomic E-state index is -0.572. The summed E-state index contributed by atoms with van der Waals surface area (Å²) in [6, 6.07) is 9.43. The third-order valence-electron chi connectivity index (χ3n) is 2.54. The van der Waals surface area contributed by atoms with Gasteiger partial charge in [-0.25, -0.2) is 0 Å². The van der Waals surface area contributed by atoms with Crippen molar-refractivity contribution in [3.63, 3.8) is 0 Å². The van der Waals surface area contributed by atoms with E-state index in [1.807, 2.05) is 0 Å². The number of phenolic OH excluding ortho intramolecular Hbond substituents is 1. The normalized spacial score (nSPS) is 10.1. The molecule has 0 aliphatic heterocycles. The number of hydrogen-bond donors (Lipinski definition) is 2. The van der Waals surface area contributed by atoms with Crippen LogP contribution in [-0.4, -0.2) is 15.9 Å². The molecule has 0 saturated carbocycles. The Hall–Kier alpha value is -2.60. The molecule has 7 heteroatoms. The Morgan fingerprint density at radius 3 is 2.40 bits per heavy atom. The first-order valence-electron chi connectivity index (χ1n) is 5.51. The van der Waals surface area contributed by atoms with Crippen LogP contribution in [0.4, 0.5) is 11.4 Å². The van der Waals surface area contributed by atoms with Crippen LogP contribution < -0.4 is 5.32 Å². The Balaban J connectivity index is 2.19. The van der Waals surface area contributed by atoms with Crippen LogP contribution >= 0.6 is 11.6 Å². The van der Waals surface area contributed by atoms with E-state index in [2.05, 4.69) is 5.32 Å². The molecule has 2 rings (SSSR count). The lowest BCUT2D eigenvalue weighted by molar-refractivity contribution is -0.384. The van der Waals surface area contributed by atoms with Crippen LogP contribution in [0.1, 0.15) is 10.4 Å². The smallest absolute Gasteiger partial charge is 0.271 e. The van der Waals surface area contributed by atoms with Gasteiger partial charge in [0.05, 0.1) is 15.6 Å². The molecule has 0 heterocycles. The molecule has 0 aromatic heterocycles. The molecule has 0 aliphatic carbocycles.